The number of benzene rings is 2. The van der Waals surface area contributed by atoms with E-state index in [2.05, 4.69) is 0 Å². The molecule has 150 valence electrons. The van der Waals surface area contributed by atoms with Crippen molar-refractivity contribution in [1.82, 2.24) is 9.80 Å². The van der Waals surface area contributed by atoms with Crippen molar-refractivity contribution in [2.45, 2.75) is 31.7 Å². The lowest BCUT2D eigenvalue weighted by Crippen LogP contribution is -2.53. The number of carbonyl (C=O) groups excluding carboxylic acids is 3. The molecule has 0 bridgehead atoms. The normalized spacial score (nSPS) is 17.4. The third-order valence-corrected chi connectivity index (χ3v) is 6.22. The Hall–Kier alpha value is -2.37. The third-order valence-electron chi connectivity index (χ3n) is 5.50. The second kappa shape index (κ2) is 8.17. The van der Waals surface area contributed by atoms with Crippen molar-refractivity contribution >= 4 is 40.9 Å². The highest BCUT2D eigenvalue weighted by Crippen LogP contribution is 2.33. The first-order valence-electron chi connectivity index (χ1n) is 9.67. The van der Waals surface area contributed by atoms with E-state index in [9.17, 15) is 14.4 Å². The highest BCUT2D eigenvalue weighted by Gasteiger charge is 2.44. The minimum absolute atomic E-state index is 0.189. The molecule has 0 saturated carbocycles. The molecule has 4 rings (SSSR count). The van der Waals surface area contributed by atoms with E-state index >= 15 is 0 Å². The Balaban J connectivity index is 1.71. The highest BCUT2D eigenvalue weighted by atomic mass is 35.5. The highest BCUT2D eigenvalue weighted by molar-refractivity contribution is 6.43. The van der Waals surface area contributed by atoms with Crippen LogP contribution in [0.1, 0.15) is 45.5 Å². The van der Waals surface area contributed by atoms with Crippen LogP contribution in [0.5, 0.6) is 0 Å². The summed E-state index contributed by atoms with van der Waals surface area (Å²) in [6, 6.07) is 11.3. The first-order chi connectivity index (χ1) is 14.0. The molecule has 0 aliphatic carbocycles. The molecule has 0 N–H and O–H groups in total. The molecule has 1 atom stereocenters. The van der Waals surface area contributed by atoms with Crippen LogP contribution in [0.4, 0.5) is 0 Å². The summed E-state index contributed by atoms with van der Waals surface area (Å²) < 4.78 is 0. The number of hydrogen-bond donors (Lipinski definition) is 0. The fourth-order valence-electron chi connectivity index (χ4n) is 3.99. The zero-order chi connectivity index (χ0) is 20.5. The molecule has 0 spiro atoms. The van der Waals surface area contributed by atoms with E-state index in [0.29, 0.717) is 13.1 Å². The average molecular weight is 431 g/mol. The molecular weight excluding hydrogens is 411 g/mol. The summed E-state index contributed by atoms with van der Waals surface area (Å²) in [7, 11) is 0. The van der Waals surface area contributed by atoms with Gasteiger partial charge in [-0.05, 0) is 37.0 Å². The summed E-state index contributed by atoms with van der Waals surface area (Å²) in [4.78, 5) is 42.5. The van der Waals surface area contributed by atoms with Crippen molar-refractivity contribution in [1.29, 1.82) is 0 Å². The van der Waals surface area contributed by atoms with Crippen LogP contribution in [0.15, 0.2) is 42.5 Å². The van der Waals surface area contributed by atoms with Crippen LogP contribution in [0, 0.1) is 0 Å². The van der Waals surface area contributed by atoms with E-state index in [1.807, 2.05) is 30.3 Å². The molecule has 1 saturated heterocycles. The summed E-state index contributed by atoms with van der Waals surface area (Å²) in [5.74, 6) is -1.20. The molecule has 2 aromatic carbocycles. The van der Waals surface area contributed by atoms with E-state index in [1.165, 1.54) is 12.1 Å². The van der Waals surface area contributed by atoms with Gasteiger partial charge in [0.1, 0.15) is 6.04 Å². The number of carbonyl (C=O) groups is 3. The van der Waals surface area contributed by atoms with Crippen LogP contribution in [0.2, 0.25) is 10.0 Å². The van der Waals surface area contributed by atoms with Crippen molar-refractivity contribution in [2.24, 2.45) is 0 Å². The lowest BCUT2D eigenvalue weighted by molar-refractivity contribution is -0.136. The van der Waals surface area contributed by atoms with Gasteiger partial charge in [0.2, 0.25) is 5.91 Å². The minimum atomic E-state index is -0.902. The lowest BCUT2D eigenvalue weighted by atomic mass is 10.0. The first-order valence-corrected chi connectivity index (χ1v) is 10.4. The monoisotopic (exact) mass is 430 g/mol. The Morgan fingerprint density at radius 1 is 0.897 bits per heavy atom. The maximum Gasteiger partial charge on any atom is 0.262 e. The van der Waals surface area contributed by atoms with Crippen molar-refractivity contribution in [3.05, 3.63) is 69.2 Å². The van der Waals surface area contributed by atoms with Gasteiger partial charge >= 0.3 is 0 Å². The Morgan fingerprint density at radius 2 is 1.45 bits per heavy atom. The van der Waals surface area contributed by atoms with Gasteiger partial charge in [-0.25, -0.2) is 0 Å². The van der Waals surface area contributed by atoms with Crippen molar-refractivity contribution in [2.75, 3.05) is 13.1 Å². The Kier molecular flexibility index (Phi) is 5.61. The van der Waals surface area contributed by atoms with Crippen LogP contribution in [0.3, 0.4) is 0 Å². The maximum absolute atomic E-state index is 13.4. The number of likely N-dealkylation sites (tertiary alicyclic amines) is 1. The first kappa shape index (κ1) is 19.9. The van der Waals surface area contributed by atoms with E-state index in [1.54, 1.807) is 4.90 Å². The van der Waals surface area contributed by atoms with Crippen LogP contribution in [-0.2, 0) is 11.2 Å². The lowest BCUT2D eigenvalue weighted by Gasteiger charge is -2.33. The van der Waals surface area contributed by atoms with E-state index in [0.717, 1.165) is 29.7 Å². The number of hydrogen-bond acceptors (Lipinski definition) is 3. The molecule has 2 aliphatic heterocycles. The van der Waals surface area contributed by atoms with Crippen LogP contribution >= 0.6 is 23.2 Å². The third kappa shape index (κ3) is 3.77. The van der Waals surface area contributed by atoms with Crippen LogP contribution < -0.4 is 0 Å². The molecule has 7 heteroatoms. The molecular formula is C22H20Cl2N2O3. The Bertz CT molecular complexity index is 931. The van der Waals surface area contributed by atoms with Gasteiger partial charge in [0.25, 0.3) is 11.8 Å². The van der Waals surface area contributed by atoms with Gasteiger partial charge in [-0.1, -0.05) is 53.5 Å². The molecule has 29 heavy (non-hydrogen) atoms. The molecule has 0 unspecified atom stereocenters. The number of nitrogens with zero attached hydrogens (tertiary/aromatic N) is 2. The minimum Gasteiger partial charge on any atom is -0.341 e. The van der Waals surface area contributed by atoms with Crippen molar-refractivity contribution in [3.8, 4) is 0 Å². The van der Waals surface area contributed by atoms with Crippen molar-refractivity contribution in [3.63, 3.8) is 0 Å². The number of piperidine rings is 1. The van der Waals surface area contributed by atoms with Crippen LogP contribution in [0.25, 0.3) is 0 Å². The zero-order valence-electron chi connectivity index (χ0n) is 15.7. The van der Waals surface area contributed by atoms with Gasteiger partial charge in [-0.3, -0.25) is 19.3 Å². The van der Waals surface area contributed by atoms with Gasteiger partial charge in [-0.2, -0.15) is 0 Å². The number of imide groups is 1. The Labute approximate surface area is 179 Å². The predicted molar refractivity (Wildman–Crippen MR) is 111 cm³/mol. The summed E-state index contributed by atoms with van der Waals surface area (Å²) in [6.07, 6.45) is 3.20. The molecule has 1 fully saturated rings. The number of amides is 3. The standard InChI is InChI=1S/C22H20Cl2N2O3/c23-17-12-15-16(13-18(17)24)21(28)26(20(15)27)19(11-14-7-3-1-4-8-14)22(29)25-9-5-2-6-10-25/h1,3-4,7-8,12-13,19H,2,5-6,9-11H2/t19-/m1/s1. The molecule has 0 radical (unpaired) electrons. The fraction of sp³-hybridized carbons (Fsp3) is 0.318. The molecule has 2 aliphatic rings. The molecule has 0 aromatic heterocycles. The number of halogens is 2. The van der Waals surface area contributed by atoms with E-state index < -0.39 is 17.9 Å². The largest absolute Gasteiger partial charge is 0.341 e. The number of fused-ring (bicyclic) bond motifs is 1. The van der Waals surface area contributed by atoms with Crippen LogP contribution in [-0.4, -0.2) is 46.7 Å². The quantitative estimate of drug-likeness (QED) is 0.682. The number of rotatable bonds is 4. The smallest absolute Gasteiger partial charge is 0.262 e. The molecule has 5 nitrogen and oxygen atoms in total. The van der Waals surface area contributed by atoms with E-state index in [4.69, 9.17) is 23.2 Å². The van der Waals surface area contributed by atoms with Gasteiger partial charge in [0, 0.05) is 19.5 Å². The molecule has 2 heterocycles. The topological polar surface area (TPSA) is 57.7 Å². The summed E-state index contributed by atoms with van der Waals surface area (Å²) >= 11 is 12.1. The second-order valence-electron chi connectivity index (χ2n) is 7.38. The predicted octanol–water partition coefficient (Wildman–Crippen LogP) is 4.21. The molecule has 2 aromatic rings. The summed E-state index contributed by atoms with van der Waals surface area (Å²) in [6.45, 7) is 1.29. The summed E-state index contributed by atoms with van der Waals surface area (Å²) in [5.41, 5.74) is 1.26. The maximum atomic E-state index is 13.4. The van der Waals surface area contributed by atoms with Gasteiger partial charge in [-0.15, -0.1) is 0 Å². The average Bonchev–Trinajstić information content (AvgIpc) is 2.97. The van der Waals surface area contributed by atoms with Gasteiger partial charge in [0.15, 0.2) is 0 Å². The zero-order valence-corrected chi connectivity index (χ0v) is 17.2. The SMILES string of the molecule is O=C([C@@H](Cc1ccccc1)N1C(=O)c2cc(Cl)c(Cl)cc2C1=O)N1CCCCC1. The summed E-state index contributed by atoms with van der Waals surface area (Å²) in [5, 5.41) is 0.408. The van der Waals surface area contributed by atoms with Gasteiger partial charge in [0.05, 0.1) is 21.2 Å². The fourth-order valence-corrected chi connectivity index (χ4v) is 4.31. The van der Waals surface area contributed by atoms with E-state index in [-0.39, 0.29) is 33.5 Å². The Morgan fingerprint density at radius 3 is 2.00 bits per heavy atom. The second-order valence-corrected chi connectivity index (χ2v) is 8.20. The molecule has 3 amide bonds. The van der Waals surface area contributed by atoms with Gasteiger partial charge < -0.3 is 4.90 Å². The van der Waals surface area contributed by atoms with Crippen molar-refractivity contribution < 1.29 is 14.4 Å².